The van der Waals surface area contributed by atoms with Gasteiger partial charge in [-0.2, -0.15) is 0 Å². The lowest BCUT2D eigenvalue weighted by Gasteiger charge is -2.17. The quantitative estimate of drug-likeness (QED) is 0.412. The molecule has 0 aliphatic carbocycles. The molecule has 2 aromatic carbocycles. The average Bonchev–Trinajstić information content (AvgIpc) is 2.64. The first-order valence-corrected chi connectivity index (χ1v) is 10.3. The van der Waals surface area contributed by atoms with Crippen LogP contribution in [0.15, 0.2) is 40.9 Å². The van der Waals surface area contributed by atoms with E-state index < -0.39 is 0 Å². The lowest BCUT2D eigenvalue weighted by atomic mass is 10.1. The molecule has 1 N–H and O–H groups in total. The standard InChI is InChI=1S/C21H27BrClNO2/c1-3-4-5-6-12-24-14-18-19(22)10-11-20(25-2)21(18)26-15-16-8-7-9-17(23)13-16/h7-11,13,24H,3-6,12,14-15H2,1-2H3. The maximum absolute atomic E-state index is 6.12. The number of nitrogens with one attached hydrogen (secondary N) is 1. The van der Waals surface area contributed by atoms with Crippen molar-refractivity contribution in [1.29, 1.82) is 0 Å². The van der Waals surface area contributed by atoms with E-state index in [0.717, 1.165) is 40.2 Å². The molecule has 142 valence electrons. The Morgan fingerprint density at radius 3 is 2.69 bits per heavy atom. The third-order valence-electron chi connectivity index (χ3n) is 4.17. The molecule has 0 saturated heterocycles. The molecule has 0 amide bonds. The minimum Gasteiger partial charge on any atom is -0.493 e. The van der Waals surface area contributed by atoms with Crippen molar-refractivity contribution in [2.45, 2.75) is 45.8 Å². The van der Waals surface area contributed by atoms with Gasteiger partial charge in [0, 0.05) is 21.6 Å². The first-order chi connectivity index (χ1) is 12.7. The Morgan fingerprint density at radius 2 is 1.96 bits per heavy atom. The van der Waals surface area contributed by atoms with Gasteiger partial charge in [0.1, 0.15) is 6.61 Å². The van der Waals surface area contributed by atoms with Gasteiger partial charge in [-0.05, 0) is 42.8 Å². The highest BCUT2D eigenvalue weighted by Crippen LogP contribution is 2.36. The zero-order valence-corrected chi connectivity index (χ0v) is 17.8. The molecule has 0 spiro atoms. The van der Waals surface area contributed by atoms with Gasteiger partial charge in [0.05, 0.1) is 7.11 Å². The van der Waals surface area contributed by atoms with Crippen LogP contribution in [-0.4, -0.2) is 13.7 Å². The molecule has 0 heterocycles. The molecule has 2 aromatic rings. The number of halogens is 2. The number of hydrogen-bond donors (Lipinski definition) is 1. The van der Waals surface area contributed by atoms with Crippen LogP contribution in [0.1, 0.15) is 43.7 Å². The molecule has 0 radical (unpaired) electrons. The molecule has 0 aliphatic heterocycles. The van der Waals surface area contributed by atoms with Crippen LogP contribution < -0.4 is 14.8 Å². The van der Waals surface area contributed by atoms with E-state index in [-0.39, 0.29) is 0 Å². The van der Waals surface area contributed by atoms with Gasteiger partial charge in [0.25, 0.3) is 0 Å². The number of benzene rings is 2. The molecule has 0 atom stereocenters. The maximum Gasteiger partial charge on any atom is 0.167 e. The lowest BCUT2D eigenvalue weighted by molar-refractivity contribution is 0.280. The predicted octanol–water partition coefficient (Wildman–Crippen LogP) is 6.36. The third-order valence-corrected chi connectivity index (χ3v) is 5.15. The predicted molar refractivity (Wildman–Crippen MR) is 112 cm³/mol. The Hall–Kier alpha value is -1.23. The van der Waals surface area contributed by atoms with Crippen molar-refractivity contribution in [3.63, 3.8) is 0 Å². The summed E-state index contributed by atoms with van der Waals surface area (Å²) in [6, 6.07) is 11.6. The van der Waals surface area contributed by atoms with E-state index in [9.17, 15) is 0 Å². The van der Waals surface area contributed by atoms with Gasteiger partial charge in [-0.1, -0.05) is 65.8 Å². The monoisotopic (exact) mass is 439 g/mol. The molecule has 0 fully saturated rings. The highest BCUT2D eigenvalue weighted by Gasteiger charge is 2.14. The molecule has 5 heteroatoms. The van der Waals surface area contributed by atoms with Crippen molar-refractivity contribution in [2.24, 2.45) is 0 Å². The Kier molecular flexibility index (Phi) is 9.30. The zero-order valence-electron chi connectivity index (χ0n) is 15.5. The van der Waals surface area contributed by atoms with Crippen molar-refractivity contribution in [3.8, 4) is 11.5 Å². The topological polar surface area (TPSA) is 30.5 Å². The fraction of sp³-hybridized carbons (Fsp3) is 0.429. The first kappa shape index (κ1) is 21.1. The zero-order chi connectivity index (χ0) is 18.8. The maximum atomic E-state index is 6.12. The van der Waals surface area contributed by atoms with Crippen molar-refractivity contribution < 1.29 is 9.47 Å². The van der Waals surface area contributed by atoms with Crippen molar-refractivity contribution in [2.75, 3.05) is 13.7 Å². The number of unbranched alkanes of at least 4 members (excludes halogenated alkanes) is 3. The van der Waals surface area contributed by atoms with Gasteiger partial charge < -0.3 is 14.8 Å². The van der Waals surface area contributed by atoms with Crippen molar-refractivity contribution in [3.05, 3.63) is 57.0 Å². The summed E-state index contributed by atoms with van der Waals surface area (Å²) in [7, 11) is 1.66. The van der Waals surface area contributed by atoms with E-state index in [4.69, 9.17) is 21.1 Å². The van der Waals surface area contributed by atoms with Crippen LogP contribution in [0.5, 0.6) is 11.5 Å². The largest absolute Gasteiger partial charge is 0.493 e. The van der Waals surface area contributed by atoms with Gasteiger partial charge in [0.2, 0.25) is 0 Å². The van der Waals surface area contributed by atoms with Gasteiger partial charge in [-0.25, -0.2) is 0 Å². The van der Waals surface area contributed by atoms with Crippen LogP contribution in [0.2, 0.25) is 5.02 Å². The van der Waals surface area contributed by atoms with Gasteiger partial charge in [0.15, 0.2) is 11.5 Å². The van der Waals surface area contributed by atoms with Crippen LogP contribution in [0.25, 0.3) is 0 Å². The van der Waals surface area contributed by atoms with Gasteiger partial charge >= 0.3 is 0 Å². The Bertz CT molecular complexity index is 694. The fourth-order valence-corrected chi connectivity index (χ4v) is 3.40. The van der Waals surface area contributed by atoms with E-state index in [2.05, 4.69) is 28.2 Å². The molecule has 0 aliphatic rings. The minimum absolute atomic E-state index is 0.441. The fourth-order valence-electron chi connectivity index (χ4n) is 2.74. The van der Waals surface area contributed by atoms with Crippen LogP contribution in [0.3, 0.4) is 0 Å². The van der Waals surface area contributed by atoms with Gasteiger partial charge in [-0.3, -0.25) is 0 Å². The first-order valence-electron chi connectivity index (χ1n) is 9.09. The van der Waals surface area contributed by atoms with Gasteiger partial charge in [-0.15, -0.1) is 0 Å². The number of methoxy groups -OCH3 is 1. The number of hydrogen-bond acceptors (Lipinski definition) is 3. The molecular weight excluding hydrogens is 414 g/mol. The number of ether oxygens (including phenoxy) is 2. The third kappa shape index (κ3) is 6.49. The smallest absolute Gasteiger partial charge is 0.167 e. The Balaban J connectivity index is 2.06. The summed E-state index contributed by atoms with van der Waals surface area (Å²) in [6.45, 7) is 4.40. The molecule has 0 bridgehead atoms. The highest BCUT2D eigenvalue weighted by atomic mass is 79.9. The summed E-state index contributed by atoms with van der Waals surface area (Å²) in [5.41, 5.74) is 2.10. The van der Waals surface area contributed by atoms with Crippen LogP contribution in [-0.2, 0) is 13.2 Å². The Morgan fingerprint density at radius 1 is 1.12 bits per heavy atom. The second-order valence-electron chi connectivity index (χ2n) is 6.21. The Labute approximate surface area is 170 Å². The average molecular weight is 441 g/mol. The van der Waals surface area contributed by atoms with E-state index in [1.807, 2.05) is 36.4 Å². The summed E-state index contributed by atoms with van der Waals surface area (Å²) < 4.78 is 12.7. The van der Waals surface area contributed by atoms with E-state index in [0.29, 0.717) is 11.6 Å². The van der Waals surface area contributed by atoms with Crippen molar-refractivity contribution >= 4 is 27.5 Å². The normalized spacial score (nSPS) is 10.8. The van der Waals surface area contributed by atoms with E-state index in [1.54, 1.807) is 7.11 Å². The highest BCUT2D eigenvalue weighted by molar-refractivity contribution is 9.10. The summed E-state index contributed by atoms with van der Waals surface area (Å²) >= 11 is 9.71. The molecule has 0 aromatic heterocycles. The molecule has 2 rings (SSSR count). The minimum atomic E-state index is 0.441. The summed E-state index contributed by atoms with van der Waals surface area (Å²) in [6.07, 6.45) is 5.00. The molecule has 26 heavy (non-hydrogen) atoms. The second kappa shape index (κ2) is 11.5. The van der Waals surface area contributed by atoms with Crippen LogP contribution >= 0.6 is 27.5 Å². The SMILES string of the molecule is CCCCCCNCc1c(Br)ccc(OC)c1OCc1cccc(Cl)c1. The van der Waals surface area contributed by atoms with E-state index in [1.165, 1.54) is 25.7 Å². The second-order valence-corrected chi connectivity index (χ2v) is 7.50. The lowest BCUT2D eigenvalue weighted by Crippen LogP contribution is -2.16. The van der Waals surface area contributed by atoms with E-state index >= 15 is 0 Å². The molecule has 0 saturated carbocycles. The van der Waals surface area contributed by atoms with Crippen LogP contribution in [0, 0.1) is 0 Å². The van der Waals surface area contributed by atoms with Crippen LogP contribution in [0.4, 0.5) is 0 Å². The number of rotatable bonds is 11. The molecular formula is C21H27BrClNO2. The van der Waals surface area contributed by atoms with Crippen molar-refractivity contribution in [1.82, 2.24) is 5.32 Å². The summed E-state index contributed by atoms with van der Waals surface area (Å²) in [5, 5.41) is 4.22. The summed E-state index contributed by atoms with van der Waals surface area (Å²) in [4.78, 5) is 0. The molecule has 0 unspecified atom stereocenters. The molecule has 3 nitrogen and oxygen atoms in total. The summed E-state index contributed by atoms with van der Waals surface area (Å²) in [5.74, 6) is 1.50.